The molecule has 1 aliphatic carbocycles. The summed E-state index contributed by atoms with van der Waals surface area (Å²) in [4.78, 5) is 24.9. The molecular weight excluding hydrogens is 350 g/mol. The fraction of sp³-hybridized carbons (Fsp3) is 0.348. The Balaban J connectivity index is 1.53. The Hall–Kier alpha value is -2.95. The van der Waals surface area contributed by atoms with Crippen LogP contribution in [-0.4, -0.2) is 15.7 Å². The molecule has 1 aliphatic rings. The van der Waals surface area contributed by atoms with Gasteiger partial charge in [-0.05, 0) is 55.4 Å². The summed E-state index contributed by atoms with van der Waals surface area (Å²) in [7, 11) is 1.62. The predicted octanol–water partition coefficient (Wildman–Crippen LogP) is 3.23. The van der Waals surface area contributed by atoms with Gasteiger partial charge < -0.3 is 5.32 Å². The number of nitrogens with one attached hydrogen (secondary N) is 1. The van der Waals surface area contributed by atoms with E-state index >= 15 is 0 Å². The van der Waals surface area contributed by atoms with Gasteiger partial charge in [0.1, 0.15) is 0 Å². The number of hydrogen-bond donors (Lipinski definition) is 1. The lowest BCUT2D eigenvalue weighted by Gasteiger charge is -2.20. The summed E-state index contributed by atoms with van der Waals surface area (Å²) in [6, 6.07) is 13.8. The quantitative estimate of drug-likeness (QED) is 0.761. The summed E-state index contributed by atoms with van der Waals surface area (Å²) >= 11 is 0. The first kappa shape index (κ1) is 18.4. The molecule has 1 N–H and O–H groups in total. The van der Waals surface area contributed by atoms with Gasteiger partial charge in [0.25, 0.3) is 5.56 Å². The summed E-state index contributed by atoms with van der Waals surface area (Å²) in [6.07, 6.45) is 4.92. The van der Waals surface area contributed by atoms with E-state index in [4.69, 9.17) is 0 Å². The van der Waals surface area contributed by atoms with Crippen molar-refractivity contribution in [2.75, 3.05) is 0 Å². The first-order valence-electron chi connectivity index (χ1n) is 9.89. The van der Waals surface area contributed by atoms with Crippen LogP contribution in [0.1, 0.15) is 48.2 Å². The van der Waals surface area contributed by atoms with E-state index in [-0.39, 0.29) is 23.9 Å². The number of carbonyl (C=O) groups excluding carboxylic acids is 1. The van der Waals surface area contributed by atoms with Gasteiger partial charge >= 0.3 is 0 Å². The van der Waals surface area contributed by atoms with Crippen molar-refractivity contribution in [3.05, 3.63) is 75.2 Å². The minimum atomic E-state index is -0.151. The lowest BCUT2D eigenvalue weighted by atomic mass is 9.89. The Bertz CT molecular complexity index is 1100. The minimum Gasteiger partial charge on any atom is -0.349 e. The highest BCUT2D eigenvalue weighted by atomic mass is 16.1. The van der Waals surface area contributed by atoms with Crippen LogP contribution in [0.3, 0.4) is 0 Å². The molecule has 3 aromatic rings. The van der Waals surface area contributed by atoms with Crippen LogP contribution in [-0.2, 0) is 31.1 Å². The van der Waals surface area contributed by atoms with Crippen molar-refractivity contribution in [1.82, 2.24) is 15.1 Å². The molecule has 1 heterocycles. The predicted molar refractivity (Wildman–Crippen MR) is 110 cm³/mol. The Labute approximate surface area is 164 Å². The summed E-state index contributed by atoms with van der Waals surface area (Å²) < 4.78 is 1.30. The van der Waals surface area contributed by atoms with Gasteiger partial charge in [-0.15, -0.1) is 0 Å². The molecule has 1 atom stereocenters. The van der Waals surface area contributed by atoms with Crippen LogP contribution in [0.5, 0.6) is 0 Å². The second-order valence-corrected chi connectivity index (χ2v) is 7.62. The molecule has 5 heteroatoms. The highest BCUT2D eigenvalue weighted by Crippen LogP contribution is 2.25. The third kappa shape index (κ3) is 3.57. The number of carbonyl (C=O) groups is 1. The van der Waals surface area contributed by atoms with Crippen LogP contribution >= 0.6 is 0 Å². The van der Waals surface area contributed by atoms with E-state index in [1.54, 1.807) is 13.1 Å². The van der Waals surface area contributed by atoms with E-state index in [1.165, 1.54) is 28.7 Å². The standard InChI is InChI=1S/C23H25N3O2/c1-15(17-12-11-16-7-3-4-8-18(16)13-17)24-22(27)14-21-19-9-5-6-10-20(19)23(28)26(2)25-21/h5-6,9-13,15H,3-4,7-8,14H2,1-2H3,(H,24,27)/t15-/m1/s1. The molecule has 144 valence electrons. The fourth-order valence-electron chi connectivity index (χ4n) is 4.06. The molecule has 1 aromatic heterocycles. The topological polar surface area (TPSA) is 64.0 Å². The SMILES string of the molecule is C[C@@H](NC(=O)Cc1nn(C)c(=O)c2ccccc12)c1ccc2c(c1)CCCC2. The van der Waals surface area contributed by atoms with Crippen molar-refractivity contribution in [2.45, 2.75) is 45.1 Å². The molecule has 0 radical (unpaired) electrons. The number of benzene rings is 2. The van der Waals surface area contributed by atoms with E-state index in [9.17, 15) is 9.59 Å². The molecule has 0 unspecified atom stereocenters. The van der Waals surface area contributed by atoms with Gasteiger partial charge in [0, 0.05) is 12.4 Å². The van der Waals surface area contributed by atoms with Crippen molar-refractivity contribution in [3.8, 4) is 0 Å². The van der Waals surface area contributed by atoms with E-state index in [1.807, 2.05) is 25.1 Å². The van der Waals surface area contributed by atoms with Crippen molar-refractivity contribution < 1.29 is 4.79 Å². The Morgan fingerprint density at radius 1 is 1.11 bits per heavy atom. The van der Waals surface area contributed by atoms with Crippen LogP contribution in [0.2, 0.25) is 0 Å². The van der Waals surface area contributed by atoms with Crippen molar-refractivity contribution >= 4 is 16.7 Å². The molecule has 0 spiro atoms. The molecule has 0 fully saturated rings. The van der Waals surface area contributed by atoms with Crippen molar-refractivity contribution in [3.63, 3.8) is 0 Å². The van der Waals surface area contributed by atoms with E-state index < -0.39 is 0 Å². The molecule has 1 amide bonds. The Morgan fingerprint density at radius 2 is 1.82 bits per heavy atom. The van der Waals surface area contributed by atoms with Crippen LogP contribution in [0.4, 0.5) is 0 Å². The number of aryl methyl sites for hydroxylation is 3. The van der Waals surface area contributed by atoms with Crippen LogP contribution in [0.15, 0.2) is 47.3 Å². The van der Waals surface area contributed by atoms with Crippen LogP contribution in [0.25, 0.3) is 10.8 Å². The smallest absolute Gasteiger partial charge is 0.274 e. The first-order valence-corrected chi connectivity index (χ1v) is 9.89. The molecule has 28 heavy (non-hydrogen) atoms. The second kappa shape index (κ2) is 7.58. The number of rotatable bonds is 4. The summed E-state index contributed by atoms with van der Waals surface area (Å²) in [5.41, 5.74) is 4.45. The zero-order chi connectivity index (χ0) is 19.7. The average Bonchev–Trinajstić information content (AvgIpc) is 2.71. The van der Waals surface area contributed by atoms with E-state index in [0.717, 1.165) is 23.8 Å². The molecule has 4 rings (SSSR count). The molecule has 2 aromatic carbocycles. The van der Waals surface area contributed by atoms with E-state index in [0.29, 0.717) is 11.1 Å². The van der Waals surface area contributed by atoms with E-state index in [2.05, 4.69) is 28.6 Å². The Kier molecular flexibility index (Phi) is 4.99. The van der Waals surface area contributed by atoms with Gasteiger partial charge in [0.2, 0.25) is 5.91 Å². The first-order chi connectivity index (χ1) is 13.5. The lowest BCUT2D eigenvalue weighted by Crippen LogP contribution is -2.30. The lowest BCUT2D eigenvalue weighted by molar-refractivity contribution is -0.121. The van der Waals surface area contributed by atoms with Gasteiger partial charge in [0.05, 0.1) is 23.5 Å². The van der Waals surface area contributed by atoms with Gasteiger partial charge in [-0.25, -0.2) is 4.68 Å². The van der Waals surface area contributed by atoms with Crippen LogP contribution < -0.4 is 10.9 Å². The minimum absolute atomic E-state index is 0.0708. The zero-order valence-electron chi connectivity index (χ0n) is 16.4. The molecule has 0 bridgehead atoms. The van der Waals surface area contributed by atoms with Crippen molar-refractivity contribution in [2.24, 2.45) is 7.05 Å². The highest BCUT2D eigenvalue weighted by molar-refractivity contribution is 5.88. The number of fused-ring (bicyclic) bond motifs is 2. The third-order valence-corrected chi connectivity index (χ3v) is 5.61. The molecule has 0 saturated heterocycles. The second-order valence-electron chi connectivity index (χ2n) is 7.62. The van der Waals surface area contributed by atoms with Gasteiger partial charge in [-0.2, -0.15) is 5.10 Å². The van der Waals surface area contributed by atoms with Gasteiger partial charge in [-0.3, -0.25) is 9.59 Å². The molecule has 0 saturated carbocycles. The fourth-order valence-corrected chi connectivity index (χ4v) is 4.06. The number of hydrogen-bond acceptors (Lipinski definition) is 3. The Morgan fingerprint density at radius 3 is 2.61 bits per heavy atom. The summed E-state index contributed by atoms with van der Waals surface area (Å²) in [5.74, 6) is -0.0958. The highest BCUT2D eigenvalue weighted by Gasteiger charge is 2.16. The summed E-state index contributed by atoms with van der Waals surface area (Å²) in [5, 5.41) is 8.73. The maximum atomic E-state index is 12.7. The third-order valence-electron chi connectivity index (χ3n) is 5.61. The number of amides is 1. The van der Waals surface area contributed by atoms with Gasteiger partial charge in [-0.1, -0.05) is 36.4 Å². The average molecular weight is 375 g/mol. The number of aromatic nitrogens is 2. The normalized spacial score (nSPS) is 14.5. The molecular formula is C23H25N3O2. The maximum absolute atomic E-state index is 12.7. The maximum Gasteiger partial charge on any atom is 0.274 e. The number of nitrogens with zero attached hydrogens (tertiary/aromatic N) is 2. The largest absolute Gasteiger partial charge is 0.349 e. The molecule has 5 nitrogen and oxygen atoms in total. The zero-order valence-corrected chi connectivity index (χ0v) is 16.4. The van der Waals surface area contributed by atoms with Crippen molar-refractivity contribution in [1.29, 1.82) is 0 Å². The summed E-state index contributed by atoms with van der Waals surface area (Å²) in [6.45, 7) is 2.01. The monoisotopic (exact) mass is 375 g/mol. The van der Waals surface area contributed by atoms with Gasteiger partial charge in [0.15, 0.2) is 0 Å². The van der Waals surface area contributed by atoms with Crippen LogP contribution in [0, 0.1) is 0 Å². The molecule has 0 aliphatic heterocycles.